The van der Waals surface area contributed by atoms with Crippen molar-refractivity contribution in [3.63, 3.8) is 0 Å². The van der Waals surface area contributed by atoms with Crippen LogP contribution in [0.3, 0.4) is 0 Å². The summed E-state index contributed by atoms with van der Waals surface area (Å²) in [5, 5.41) is 2.70. The average molecular weight is 394 g/mol. The molecule has 148 valence electrons. The minimum absolute atomic E-state index is 0.0744. The molecule has 2 amide bonds. The van der Waals surface area contributed by atoms with Crippen molar-refractivity contribution in [2.24, 2.45) is 5.73 Å². The van der Waals surface area contributed by atoms with E-state index in [4.69, 9.17) is 14.9 Å². The van der Waals surface area contributed by atoms with Gasteiger partial charge >= 0.3 is 0 Å². The first-order chi connectivity index (χ1) is 14.0. The van der Waals surface area contributed by atoms with Crippen LogP contribution in [0.25, 0.3) is 17.4 Å². The van der Waals surface area contributed by atoms with E-state index >= 15 is 0 Å². The van der Waals surface area contributed by atoms with Gasteiger partial charge in [0.2, 0.25) is 11.8 Å². The molecule has 3 rings (SSSR count). The van der Waals surface area contributed by atoms with Gasteiger partial charge in [-0.1, -0.05) is 24.3 Å². The number of nitrogens with one attached hydrogen (secondary N) is 1. The molecule has 0 saturated carbocycles. The molecule has 0 aliphatic rings. The van der Waals surface area contributed by atoms with Crippen molar-refractivity contribution >= 4 is 23.6 Å². The summed E-state index contributed by atoms with van der Waals surface area (Å²) >= 11 is 0. The summed E-state index contributed by atoms with van der Waals surface area (Å²) in [6, 6.07) is 16.4. The van der Waals surface area contributed by atoms with Gasteiger partial charge in [0.25, 0.3) is 0 Å². The Balaban J connectivity index is 1.64. The lowest BCUT2D eigenvalue weighted by atomic mass is 10.1. The molecule has 6 nitrogen and oxygen atoms in total. The van der Waals surface area contributed by atoms with Gasteiger partial charge in [-0.05, 0) is 42.5 Å². The van der Waals surface area contributed by atoms with Crippen LogP contribution in [-0.2, 0) is 9.59 Å². The predicted octanol–water partition coefficient (Wildman–Crippen LogP) is 3.99. The van der Waals surface area contributed by atoms with Crippen molar-refractivity contribution in [2.45, 2.75) is 6.42 Å². The maximum absolute atomic E-state index is 13.8. The van der Waals surface area contributed by atoms with E-state index in [1.165, 1.54) is 18.2 Å². The molecule has 0 atom stereocenters. The van der Waals surface area contributed by atoms with Crippen molar-refractivity contribution in [1.29, 1.82) is 0 Å². The number of anilines is 1. The normalized spacial score (nSPS) is 10.8. The van der Waals surface area contributed by atoms with Crippen LogP contribution in [0.15, 0.2) is 71.2 Å². The van der Waals surface area contributed by atoms with Crippen molar-refractivity contribution in [3.8, 4) is 17.1 Å². The molecule has 0 aliphatic heterocycles. The number of rotatable bonds is 8. The van der Waals surface area contributed by atoms with Crippen molar-refractivity contribution in [2.75, 3.05) is 11.9 Å². The van der Waals surface area contributed by atoms with E-state index in [2.05, 4.69) is 5.32 Å². The van der Waals surface area contributed by atoms with Gasteiger partial charge in [-0.15, -0.1) is 0 Å². The second kappa shape index (κ2) is 9.36. The van der Waals surface area contributed by atoms with Crippen molar-refractivity contribution < 1.29 is 23.1 Å². The first-order valence-corrected chi connectivity index (χ1v) is 8.87. The summed E-state index contributed by atoms with van der Waals surface area (Å²) in [6.45, 7) is 0.114. The van der Waals surface area contributed by atoms with Gasteiger partial charge in [-0.25, -0.2) is 4.39 Å². The molecule has 0 fully saturated rings. The Bertz CT molecular complexity index is 1040. The first-order valence-electron chi connectivity index (χ1n) is 8.87. The van der Waals surface area contributed by atoms with E-state index in [1.54, 1.807) is 54.6 Å². The van der Waals surface area contributed by atoms with Gasteiger partial charge < -0.3 is 20.2 Å². The smallest absolute Gasteiger partial charge is 0.248 e. The van der Waals surface area contributed by atoms with Gasteiger partial charge in [0.05, 0.1) is 24.3 Å². The first kappa shape index (κ1) is 19.9. The number of para-hydroxylation sites is 2. The standard InChI is InChI=1S/C22H19FN2O4/c23-17-6-2-1-5-16(17)19-11-9-15(29-19)10-12-22(27)25-18-7-3-4-8-20(18)28-14-13-21(24)26/h1-12H,13-14H2,(H2,24,26)(H,25,27)/b12-10+. The third-order valence-electron chi connectivity index (χ3n) is 3.92. The van der Waals surface area contributed by atoms with E-state index in [0.29, 0.717) is 28.5 Å². The molecule has 7 heteroatoms. The highest BCUT2D eigenvalue weighted by molar-refractivity contribution is 6.02. The van der Waals surface area contributed by atoms with E-state index in [9.17, 15) is 14.0 Å². The molecule has 0 saturated heterocycles. The van der Waals surface area contributed by atoms with Crippen LogP contribution in [0, 0.1) is 5.82 Å². The lowest BCUT2D eigenvalue weighted by Crippen LogP contribution is -2.15. The summed E-state index contributed by atoms with van der Waals surface area (Å²) < 4.78 is 24.9. The highest BCUT2D eigenvalue weighted by Crippen LogP contribution is 2.26. The number of hydrogen-bond acceptors (Lipinski definition) is 4. The molecular weight excluding hydrogens is 375 g/mol. The molecule has 0 unspecified atom stereocenters. The summed E-state index contributed by atoms with van der Waals surface area (Å²) in [6.07, 6.45) is 2.85. The van der Waals surface area contributed by atoms with E-state index in [1.807, 2.05) is 0 Å². The number of carbonyl (C=O) groups is 2. The van der Waals surface area contributed by atoms with Gasteiger partial charge in [0.15, 0.2) is 0 Å². The molecule has 3 aromatic rings. The molecule has 0 spiro atoms. The highest BCUT2D eigenvalue weighted by Gasteiger charge is 2.09. The Labute approximate surface area is 166 Å². The molecule has 29 heavy (non-hydrogen) atoms. The summed E-state index contributed by atoms with van der Waals surface area (Å²) in [5.74, 6) is -0.0541. The minimum atomic E-state index is -0.470. The van der Waals surface area contributed by atoms with Gasteiger partial charge in [-0.2, -0.15) is 0 Å². The van der Waals surface area contributed by atoms with Crippen LogP contribution in [0.4, 0.5) is 10.1 Å². The number of hydrogen-bond donors (Lipinski definition) is 2. The Morgan fingerprint density at radius 3 is 2.62 bits per heavy atom. The number of ether oxygens (including phenoxy) is 1. The third-order valence-corrected chi connectivity index (χ3v) is 3.92. The summed E-state index contributed by atoms with van der Waals surface area (Å²) in [5.41, 5.74) is 5.89. The quantitative estimate of drug-likeness (QED) is 0.565. The molecule has 1 aromatic heterocycles. The largest absolute Gasteiger partial charge is 0.491 e. The van der Waals surface area contributed by atoms with E-state index in [-0.39, 0.29) is 18.8 Å². The zero-order chi connectivity index (χ0) is 20.6. The minimum Gasteiger partial charge on any atom is -0.491 e. The number of furan rings is 1. The fraction of sp³-hybridized carbons (Fsp3) is 0.0909. The lowest BCUT2D eigenvalue weighted by molar-refractivity contribution is -0.118. The fourth-order valence-corrected chi connectivity index (χ4v) is 2.54. The van der Waals surface area contributed by atoms with Crippen LogP contribution in [0.1, 0.15) is 12.2 Å². The second-order valence-electron chi connectivity index (χ2n) is 6.07. The zero-order valence-corrected chi connectivity index (χ0v) is 15.4. The Hall–Kier alpha value is -3.87. The molecule has 2 aromatic carbocycles. The third kappa shape index (κ3) is 5.55. The molecule has 0 aliphatic carbocycles. The maximum Gasteiger partial charge on any atom is 0.248 e. The van der Waals surface area contributed by atoms with Crippen LogP contribution >= 0.6 is 0 Å². The van der Waals surface area contributed by atoms with Crippen LogP contribution in [0.2, 0.25) is 0 Å². The number of halogens is 1. The molecule has 3 N–H and O–H groups in total. The SMILES string of the molecule is NC(=O)CCOc1ccccc1NC(=O)/C=C/c1ccc(-c2ccccc2F)o1. The van der Waals surface area contributed by atoms with Crippen molar-refractivity contribution in [3.05, 3.63) is 78.3 Å². The maximum atomic E-state index is 13.8. The molecule has 0 radical (unpaired) electrons. The fourth-order valence-electron chi connectivity index (χ4n) is 2.54. The van der Waals surface area contributed by atoms with E-state index < -0.39 is 11.8 Å². The Morgan fingerprint density at radius 1 is 1.07 bits per heavy atom. The van der Waals surface area contributed by atoms with Crippen molar-refractivity contribution in [1.82, 2.24) is 0 Å². The van der Waals surface area contributed by atoms with E-state index in [0.717, 1.165) is 0 Å². The second-order valence-corrected chi connectivity index (χ2v) is 6.07. The molecule has 0 bridgehead atoms. The average Bonchev–Trinajstić information content (AvgIpc) is 3.17. The monoisotopic (exact) mass is 394 g/mol. The van der Waals surface area contributed by atoms with Gasteiger partial charge in [0.1, 0.15) is 23.1 Å². The number of benzene rings is 2. The lowest BCUT2D eigenvalue weighted by Gasteiger charge is -2.10. The van der Waals surface area contributed by atoms with Crippen LogP contribution in [0.5, 0.6) is 5.75 Å². The Morgan fingerprint density at radius 2 is 1.83 bits per heavy atom. The molecular formula is C22H19FN2O4. The number of amides is 2. The number of nitrogens with two attached hydrogens (primary N) is 1. The molecule has 1 heterocycles. The topological polar surface area (TPSA) is 94.6 Å². The van der Waals surface area contributed by atoms with Crippen LogP contribution in [-0.4, -0.2) is 18.4 Å². The highest BCUT2D eigenvalue weighted by atomic mass is 19.1. The number of carbonyl (C=O) groups excluding carboxylic acids is 2. The van der Waals surface area contributed by atoms with Gasteiger partial charge in [-0.3, -0.25) is 9.59 Å². The summed E-state index contributed by atoms with van der Waals surface area (Å²) in [4.78, 5) is 23.0. The number of primary amides is 1. The van der Waals surface area contributed by atoms with Crippen LogP contribution < -0.4 is 15.8 Å². The predicted molar refractivity (Wildman–Crippen MR) is 108 cm³/mol. The van der Waals surface area contributed by atoms with Gasteiger partial charge in [0, 0.05) is 6.08 Å². The Kier molecular flexibility index (Phi) is 6.42. The summed E-state index contributed by atoms with van der Waals surface area (Å²) in [7, 11) is 0. The zero-order valence-electron chi connectivity index (χ0n) is 15.4.